The molecule has 9 heteroatoms. The maximum absolute atomic E-state index is 13.3. The maximum Gasteiger partial charge on any atom is 0.466 e. The van der Waals surface area contributed by atoms with Crippen LogP contribution < -0.4 is 5.32 Å². The van der Waals surface area contributed by atoms with E-state index in [2.05, 4.69) is 36.0 Å². The Balaban J connectivity index is 0.000000646. The van der Waals surface area contributed by atoms with Crippen molar-refractivity contribution in [3.05, 3.63) is 36.3 Å². The van der Waals surface area contributed by atoms with E-state index in [1.165, 1.54) is 18.6 Å². The first kappa shape index (κ1) is 23.5. The van der Waals surface area contributed by atoms with Crippen molar-refractivity contribution < 1.29 is 23.6 Å². The van der Waals surface area contributed by atoms with E-state index in [0.29, 0.717) is 11.6 Å². The predicted octanol–water partition coefficient (Wildman–Crippen LogP) is 3.37. The highest BCUT2D eigenvalue weighted by Crippen LogP contribution is 2.26. The number of aromatic nitrogens is 1. The van der Waals surface area contributed by atoms with Crippen LogP contribution in [-0.4, -0.2) is 50.2 Å². The van der Waals surface area contributed by atoms with Gasteiger partial charge in [0, 0.05) is 29.4 Å². The lowest BCUT2D eigenvalue weighted by Crippen LogP contribution is -2.25. The van der Waals surface area contributed by atoms with Crippen LogP contribution in [0.25, 0.3) is 10.9 Å². The van der Waals surface area contributed by atoms with Crippen molar-refractivity contribution in [2.75, 3.05) is 25.0 Å². The van der Waals surface area contributed by atoms with Gasteiger partial charge in [0.25, 0.3) is 0 Å². The molecule has 0 spiro atoms. The lowest BCUT2D eigenvalue weighted by Gasteiger charge is -2.20. The van der Waals surface area contributed by atoms with Gasteiger partial charge >= 0.3 is 7.82 Å². The van der Waals surface area contributed by atoms with Crippen LogP contribution in [0.3, 0.4) is 0 Å². The highest BCUT2D eigenvalue weighted by atomic mass is 31.2. The molecule has 1 atom stereocenters. The van der Waals surface area contributed by atoms with E-state index in [-0.39, 0.29) is 5.82 Å². The van der Waals surface area contributed by atoms with E-state index in [4.69, 9.17) is 19.2 Å². The lowest BCUT2D eigenvalue weighted by atomic mass is 10.1. The highest BCUT2D eigenvalue weighted by Gasteiger charge is 2.08. The Labute approximate surface area is 159 Å². The zero-order valence-corrected chi connectivity index (χ0v) is 16.9. The molecule has 0 aliphatic heterocycles. The van der Waals surface area contributed by atoms with E-state index in [1.54, 1.807) is 12.3 Å². The molecule has 4 N–H and O–H groups in total. The Kier molecular flexibility index (Phi) is 9.83. The fourth-order valence-electron chi connectivity index (χ4n) is 2.75. The number of nitrogens with one attached hydrogen (secondary N) is 1. The summed E-state index contributed by atoms with van der Waals surface area (Å²) in [6.07, 6.45) is 4.02. The summed E-state index contributed by atoms with van der Waals surface area (Å²) >= 11 is 0. The number of hydrogen-bond acceptors (Lipinski definition) is 4. The molecular formula is C18H29FN3O4P. The van der Waals surface area contributed by atoms with Crippen LogP contribution in [0.1, 0.15) is 33.6 Å². The number of benzene rings is 1. The molecule has 0 aliphatic carbocycles. The van der Waals surface area contributed by atoms with E-state index in [1.807, 2.05) is 6.07 Å². The molecular weight excluding hydrogens is 372 g/mol. The fourth-order valence-corrected chi connectivity index (χ4v) is 2.75. The monoisotopic (exact) mass is 401 g/mol. The van der Waals surface area contributed by atoms with Gasteiger partial charge in [-0.2, -0.15) is 0 Å². The summed E-state index contributed by atoms with van der Waals surface area (Å²) in [6, 6.07) is 7.10. The average Bonchev–Trinajstić information content (AvgIpc) is 2.57. The molecule has 0 radical (unpaired) electrons. The molecule has 152 valence electrons. The largest absolute Gasteiger partial charge is 0.466 e. The Morgan fingerprint density at radius 1 is 1.22 bits per heavy atom. The van der Waals surface area contributed by atoms with Gasteiger partial charge in [0.15, 0.2) is 0 Å². The van der Waals surface area contributed by atoms with Gasteiger partial charge in [0.1, 0.15) is 5.82 Å². The number of fused-ring (bicyclic) bond motifs is 1. The second-order valence-electron chi connectivity index (χ2n) is 6.25. The number of pyridine rings is 1. The van der Waals surface area contributed by atoms with Gasteiger partial charge in [-0.1, -0.05) is 13.8 Å². The van der Waals surface area contributed by atoms with Gasteiger partial charge in [-0.25, -0.2) is 8.96 Å². The van der Waals surface area contributed by atoms with Crippen molar-refractivity contribution in [1.82, 2.24) is 9.88 Å². The van der Waals surface area contributed by atoms with Crippen molar-refractivity contribution in [3.63, 3.8) is 0 Å². The SMILES string of the molecule is CCN(CC)CCCC(C)Nc1ccnc2cc(F)ccc12.O=P(O)(O)O. The number of halogens is 1. The van der Waals surface area contributed by atoms with Gasteiger partial charge in [0.05, 0.1) is 5.52 Å². The molecule has 2 rings (SSSR count). The number of rotatable bonds is 8. The van der Waals surface area contributed by atoms with Gasteiger partial charge < -0.3 is 24.9 Å². The van der Waals surface area contributed by atoms with E-state index >= 15 is 0 Å². The third-order valence-electron chi connectivity index (χ3n) is 4.11. The van der Waals surface area contributed by atoms with Crippen molar-refractivity contribution in [2.45, 2.75) is 39.7 Å². The van der Waals surface area contributed by atoms with Crippen LogP contribution in [0, 0.1) is 5.82 Å². The fraction of sp³-hybridized carbons (Fsp3) is 0.500. The van der Waals surface area contributed by atoms with E-state index in [9.17, 15) is 4.39 Å². The van der Waals surface area contributed by atoms with Crippen molar-refractivity contribution in [3.8, 4) is 0 Å². The molecule has 1 unspecified atom stereocenters. The average molecular weight is 401 g/mol. The molecule has 0 aliphatic rings. The number of nitrogens with zero attached hydrogens (tertiary/aromatic N) is 2. The number of hydrogen-bond donors (Lipinski definition) is 4. The van der Waals surface area contributed by atoms with Crippen LogP contribution in [0.4, 0.5) is 10.1 Å². The molecule has 1 aromatic carbocycles. The van der Waals surface area contributed by atoms with E-state index < -0.39 is 7.82 Å². The summed E-state index contributed by atoms with van der Waals surface area (Å²) in [7, 11) is -4.64. The summed E-state index contributed by atoms with van der Waals surface area (Å²) in [5.41, 5.74) is 1.72. The first-order chi connectivity index (χ1) is 12.6. The van der Waals surface area contributed by atoms with Crippen LogP contribution in [0.2, 0.25) is 0 Å². The molecule has 1 aromatic heterocycles. The van der Waals surface area contributed by atoms with Gasteiger partial charge in [-0.3, -0.25) is 4.98 Å². The predicted molar refractivity (Wildman–Crippen MR) is 106 cm³/mol. The van der Waals surface area contributed by atoms with Gasteiger partial charge in [-0.15, -0.1) is 0 Å². The third-order valence-corrected chi connectivity index (χ3v) is 4.11. The minimum absolute atomic E-state index is 0.246. The number of phosphoric acid groups is 1. The van der Waals surface area contributed by atoms with Crippen LogP contribution in [0.15, 0.2) is 30.5 Å². The van der Waals surface area contributed by atoms with Crippen LogP contribution in [-0.2, 0) is 4.57 Å². The summed E-state index contributed by atoms with van der Waals surface area (Å²) in [5.74, 6) is -0.246. The minimum atomic E-state index is -4.64. The first-order valence-corrected chi connectivity index (χ1v) is 10.5. The maximum atomic E-state index is 13.3. The Morgan fingerprint density at radius 3 is 2.44 bits per heavy atom. The van der Waals surface area contributed by atoms with Gasteiger partial charge in [-0.05, 0) is 57.6 Å². The van der Waals surface area contributed by atoms with Gasteiger partial charge in [0.2, 0.25) is 0 Å². The molecule has 0 fully saturated rings. The second-order valence-corrected chi connectivity index (χ2v) is 7.27. The highest BCUT2D eigenvalue weighted by molar-refractivity contribution is 7.45. The molecule has 0 amide bonds. The Hall–Kier alpha value is -1.57. The van der Waals surface area contributed by atoms with Crippen molar-refractivity contribution in [1.29, 1.82) is 0 Å². The zero-order chi connectivity index (χ0) is 20.4. The molecule has 0 saturated carbocycles. The molecule has 2 aromatic rings. The van der Waals surface area contributed by atoms with E-state index in [0.717, 1.165) is 37.1 Å². The molecule has 0 bridgehead atoms. The zero-order valence-electron chi connectivity index (χ0n) is 16.0. The lowest BCUT2D eigenvalue weighted by molar-refractivity contribution is 0.275. The summed E-state index contributed by atoms with van der Waals surface area (Å²) in [5, 5.41) is 4.50. The Morgan fingerprint density at radius 2 is 1.85 bits per heavy atom. The smallest absolute Gasteiger partial charge is 0.382 e. The van der Waals surface area contributed by atoms with Crippen LogP contribution in [0.5, 0.6) is 0 Å². The standard InChI is InChI=1S/C18H26FN3.H3O4P/c1-4-22(5-2)12-6-7-14(3)21-17-10-11-20-18-13-15(19)8-9-16(17)18;1-5(2,3)4/h8-11,13-14H,4-7,12H2,1-3H3,(H,20,21);(H3,1,2,3,4). The van der Waals surface area contributed by atoms with Crippen LogP contribution >= 0.6 is 7.82 Å². The topological polar surface area (TPSA) is 106 Å². The summed E-state index contributed by atoms with van der Waals surface area (Å²) in [6.45, 7) is 9.96. The molecule has 1 heterocycles. The van der Waals surface area contributed by atoms with Crippen molar-refractivity contribution in [2.24, 2.45) is 0 Å². The quantitative estimate of drug-likeness (QED) is 0.503. The second kappa shape index (κ2) is 11.3. The Bertz CT molecular complexity index is 744. The molecule has 0 saturated heterocycles. The third kappa shape index (κ3) is 9.79. The first-order valence-electron chi connectivity index (χ1n) is 8.95. The summed E-state index contributed by atoms with van der Waals surface area (Å²) in [4.78, 5) is 28.2. The van der Waals surface area contributed by atoms with Crippen molar-refractivity contribution >= 4 is 24.4 Å². The molecule has 7 nitrogen and oxygen atoms in total. The summed E-state index contributed by atoms with van der Waals surface area (Å²) < 4.78 is 22.2. The minimum Gasteiger partial charge on any atom is -0.382 e. The number of anilines is 1. The normalized spacial score (nSPS) is 12.6. The molecule has 27 heavy (non-hydrogen) atoms.